The van der Waals surface area contributed by atoms with Crippen molar-refractivity contribution in [3.05, 3.63) is 18.1 Å². The Labute approximate surface area is 125 Å². The average molecular weight is 289 g/mol. The maximum absolute atomic E-state index is 11.6. The van der Waals surface area contributed by atoms with Gasteiger partial charge < -0.3 is 10.2 Å². The largest absolute Gasteiger partial charge is 0.356 e. The summed E-state index contributed by atoms with van der Waals surface area (Å²) in [5.74, 6) is 1.17. The Bertz CT molecular complexity index is 535. The SMILES string of the molecule is Cc1cc(N2CCN(C)[C@]3(CCNC(=O)CC3)C2)ncn1. The van der Waals surface area contributed by atoms with Crippen LogP contribution < -0.4 is 10.2 Å². The Morgan fingerprint density at radius 3 is 2.95 bits per heavy atom. The maximum atomic E-state index is 11.6. The number of carbonyl (C=O) groups is 1. The lowest BCUT2D eigenvalue weighted by molar-refractivity contribution is -0.120. The fraction of sp³-hybridized carbons (Fsp3) is 0.667. The van der Waals surface area contributed by atoms with E-state index in [1.165, 1.54) is 0 Å². The average Bonchev–Trinajstić information content (AvgIpc) is 2.65. The molecule has 2 aliphatic rings. The highest BCUT2D eigenvalue weighted by atomic mass is 16.1. The number of rotatable bonds is 1. The molecule has 3 heterocycles. The molecule has 2 fully saturated rings. The van der Waals surface area contributed by atoms with E-state index in [2.05, 4.69) is 32.1 Å². The summed E-state index contributed by atoms with van der Waals surface area (Å²) in [7, 11) is 2.18. The second kappa shape index (κ2) is 5.60. The molecule has 6 nitrogen and oxygen atoms in total. The smallest absolute Gasteiger partial charge is 0.220 e. The van der Waals surface area contributed by atoms with Gasteiger partial charge in [-0.3, -0.25) is 9.69 Å². The normalized spacial score (nSPS) is 27.5. The Morgan fingerprint density at radius 1 is 1.29 bits per heavy atom. The molecule has 1 spiro atoms. The number of piperazine rings is 1. The van der Waals surface area contributed by atoms with Crippen LogP contribution in [0.15, 0.2) is 12.4 Å². The molecule has 0 saturated carbocycles. The molecule has 0 radical (unpaired) electrons. The number of carbonyl (C=O) groups excluding carboxylic acids is 1. The van der Waals surface area contributed by atoms with Gasteiger partial charge in [0.25, 0.3) is 0 Å². The first-order chi connectivity index (χ1) is 10.1. The van der Waals surface area contributed by atoms with Crippen LogP contribution in [0.1, 0.15) is 25.0 Å². The second-order valence-corrected chi connectivity index (χ2v) is 6.18. The number of nitrogens with zero attached hydrogens (tertiary/aromatic N) is 4. The molecule has 6 heteroatoms. The summed E-state index contributed by atoms with van der Waals surface area (Å²) in [6.45, 7) is 5.65. The number of likely N-dealkylation sites (N-methyl/N-ethyl adjacent to an activating group) is 1. The zero-order valence-corrected chi connectivity index (χ0v) is 12.8. The third-order valence-corrected chi connectivity index (χ3v) is 4.84. The van der Waals surface area contributed by atoms with Crippen LogP contribution in [0.3, 0.4) is 0 Å². The first-order valence-electron chi connectivity index (χ1n) is 7.61. The summed E-state index contributed by atoms with van der Waals surface area (Å²) in [6, 6.07) is 2.04. The first kappa shape index (κ1) is 14.3. The summed E-state index contributed by atoms with van der Waals surface area (Å²) in [6.07, 6.45) is 4.15. The van der Waals surface area contributed by atoms with Crippen LogP contribution in [0.2, 0.25) is 0 Å². The third-order valence-electron chi connectivity index (χ3n) is 4.84. The van der Waals surface area contributed by atoms with Gasteiger partial charge in [-0.15, -0.1) is 0 Å². The lowest BCUT2D eigenvalue weighted by atomic mass is 9.86. The van der Waals surface area contributed by atoms with Crippen molar-refractivity contribution < 1.29 is 4.79 Å². The summed E-state index contributed by atoms with van der Waals surface area (Å²) in [5.41, 5.74) is 1.06. The fourth-order valence-electron chi connectivity index (χ4n) is 3.41. The van der Waals surface area contributed by atoms with Gasteiger partial charge in [0.15, 0.2) is 0 Å². The minimum Gasteiger partial charge on any atom is -0.356 e. The molecule has 0 aliphatic carbocycles. The molecule has 1 atom stereocenters. The van der Waals surface area contributed by atoms with E-state index < -0.39 is 0 Å². The number of aromatic nitrogens is 2. The van der Waals surface area contributed by atoms with Gasteiger partial charge in [-0.2, -0.15) is 0 Å². The monoisotopic (exact) mass is 289 g/mol. The number of nitrogens with one attached hydrogen (secondary N) is 1. The molecule has 21 heavy (non-hydrogen) atoms. The van der Waals surface area contributed by atoms with Crippen LogP contribution in [-0.2, 0) is 4.79 Å². The topological polar surface area (TPSA) is 61.4 Å². The first-order valence-corrected chi connectivity index (χ1v) is 7.61. The molecule has 2 saturated heterocycles. The molecule has 3 rings (SSSR count). The Hall–Kier alpha value is -1.69. The van der Waals surface area contributed by atoms with Crippen LogP contribution in [0.5, 0.6) is 0 Å². The van der Waals surface area contributed by atoms with E-state index in [4.69, 9.17) is 0 Å². The molecule has 0 bridgehead atoms. The molecular formula is C15H23N5O. The van der Waals surface area contributed by atoms with Gasteiger partial charge in [-0.1, -0.05) is 0 Å². The maximum Gasteiger partial charge on any atom is 0.220 e. The summed E-state index contributed by atoms with van der Waals surface area (Å²) < 4.78 is 0. The number of amides is 1. The van der Waals surface area contributed by atoms with E-state index in [1.54, 1.807) is 6.33 Å². The van der Waals surface area contributed by atoms with E-state index in [9.17, 15) is 4.79 Å². The van der Waals surface area contributed by atoms with E-state index in [1.807, 2.05) is 13.0 Å². The van der Waals surface area contributed by atoms with Crippen LogP contribution in [-0.4, -0.2) is 59.5 Å². The molecule has 2 aliphatic heterocycles. The zero-order chi connectivity index (χ0) is 14.9. The highest BCUT2D eigenvalue weighted by molar-refractivity contribution is 5.76. The second-order valence-electron chi connectivity index (χ2n) is 6.18. The zero-order valence-electron chi connectivity index (χ0n) is 12.8. The number of hydrogen-bond donors (Lipinski definition) is 1. The standard InChI is InChI=1S/C15H23N5O/c1-12-9-13(18-11-17-12)20-8-7-19(2)15(10-20)4-3-14(21)16-6-5-15/h9,11H,3-8,10H2,1-2H3,(H,16,21)/t15-/m1/s1. The fourth-order valence-corrected chi connectivity index (χ4v) is 3.41. The minimum atomic E-state index is 0.0657. The van der Waals surface area contributed by atoms with Gasteiger partial charge in [0.2, 0.25) is 5.91 Å². The summed E-state index contributed by atoms with van der Waals surface area (Å²) in [5, 5.41) is 2.99. The van der Waals surface area contributed by atoms with Gasteiger partial charge in [-0.05, 0) is 26.8 Å². The molecule has 0 unspecified atom stereocenters. The van der Waals surface area contributed by atoms with E-state index in [-0.39, 0.29) is 11.4 Å². The molecule has 1 amide bonds. The lowest BCUT2D eigenvalue weighted by Gasteiger charge is -2.49. The van der Waals surface area contributed by atoms with Crippen molar-refractivity contribution in [2.45, 2.75) is 31.7 Å². The Kier molecular flexibility index (Phi) is 3.80. The van der Waals surface area contributed by atoms with Crippen molar-refractivity contribution in [3.8, 4) is 0 Å². The molecule has 0 aromatic carbocycles. The van der Waals surface area contributed by atoms with Crippen molar-refractivity contribution >= 4 is 11.7 Å². The van der Waals surface area contributed by atoms with Crippen molar-refractivity contribution in [3.63, 3.8) is 0 Å². The van der Waals surface area contributed by atoms with E-state index >= 15 is 0 Å². The van der Waals surface area contributed by atoms with Crippen LogP contribution in [0.25, 0.3) is 0 Å². The Morgan fingerprint density at radius 2 is 2.14 bits per heavy atom. The lowest BCUT2D eigenvalue weighted by Crippen LogP contribution is -2.61. The predicted octanol–water partition coefficient (Wildman–Crippen LogP) is 0.576. The molecule has 1 aromatic heterocycles. The molecule has 114 valence electrons. The van der Waals surface area contributed by atoms with Crippen LogP contribution in [0, 0.1) is 6.92 Å². The number of aryl methyl sites for hydroxylation is 1. The molecule has 1 aromatic rings. The molecular weight excluding hydrogens is 266 g/mol. The minimum absolute atomic E-state index is 0.0657. The van der Waals surface area contributed by atoms with Gasteiger partial charge in [0.1, 0.15) is 12.1 Å². The van der Waals surface area contributed by atoms with Crippen LogP contribution >= 0.6 is 0 Å². The number of hydrogen-bond acceptors (Lipinski definition) is 5. The van der Waals surface area contributed by atoms with Crippen molar-refractivity contribution in [2.24, 2.45) is 0 Å². The van der Waals surface area contributed by atoms with E-state index in [0.717, 1.165) is 50.5 Å². The van der Waals surface area contributed by atoms with Gasteiger partial charge in [-0.25, -0.2) is 9.97 Å². The highest BCUT2D eigenvalue weighted by Gasteiger charge is 2.41. The van der Waals surface area contributed by atoms with Gasteiger partial charge in [0, 0.05) is 49.9 Å². The van der Waals surface area contributed by atoms with Gasteiger partial charge in [0.05, 0.1) is 0 Å². The van der Waals surface area contributed by atoms with Crippen molar-refractivity contribution in [2.75, 3.05) is 38.1 Å². The van der Waals surface area contributed by atoms with E-state index in [0.29, 0.717) is 6.42 Å². The third kappa shape index (κ3) is 2.85. The molecule has 1 N–H and O–H groups in total. The van der Waals surface area contributed by atoms with Crippen LogP contribution in [0.4, 0.5) is 5.82 Å². The predicted molar refractivity (Wildman–Crippen MR) is 81.2 cm³/mol. The van der Waals surface area contributed by atoms with Crippen molar-refractivity contribution in [1.29, 1.82) is 0 Å². The van der Waals surface area contributed by atoms with Gasteiger partial charge >= 0.3 is 0 Å². The quantitative estimate of drug-likeness (QED) is 0.819. The van der Waals surface area contributed by atoms with Crippen molar-refractivity contribution in [1.82, 2.24) is 20.2 Å². The summed E-state index contributed by atoms with van der Waals surface area (Å²) >= 11 is 0. The number of anilines is 1. The Balaban J connectivity index is 1.82. The summed E-state index contributed by atoms with van der Waals surface area (Å²) in [4.78, 5) is 25.0. The highest BCUT2D eigenvalue weighted by Crippen LogP contribution is 2.31.